The number of urea groups is 1. The van der Waals surface area contributed by atoms with Crippen molar-refractivity contribution in [3.05, 3.63) is 53.5 Å². The van der Waals surface area contributed by atoms with Gasteiger partial charge in [-0.25, -0.2) is 14.8 Å². The van der Waals surface area contributed by atoms with Crippen LogP contribution in [0.4, 0.5) is 4.79 Å². The molecule has 2 amide bonds. The summed E-state index contributed by atoms with van der Waals surface area (Å²) in [6.07, 6.45) is 1.63. The number of rotatable bonds is 6. The fourth-order valence-corrected chi connectivity index (χ4v) is 5.31. The van der Waals surface area contributed by atoms with Gasteiger partial charge in [0.25, 0.3) is 0 Å². The Bertz CT molecular complexity index is 1070. The minimum atomic E-state index is -0.360. The number of carbonyl (C=O) groups is 1. The molecule has 7 nitrogen and oxygen atoms in total. The number of aromatic nitrogens is 1. The van der Waals surface area contributed by atoms with Crippen LogP contribution in [0, 0.1) is 0 Å². The Kier molecular flexibility index (Phi) is 7.15. The van der Waals surface area contributed by atoms with E-state index in [1.165, 1.54) is 7.05 Å². The summed E-state index contributed by atoms with van der Waals surface area (Å²) >= 11 is 1.71. The first-order chi connectivity index (χ1) is 16.0. The van der Waals surface area contributed by atoms with E-state index in [1.807, 2.05) is 43.3 Å². The van der Waals surface area contributed by atoms with Gasteiger partial charge in [-0.3, -0.25) is 5.21 Å². The molecule has 0 atom stereocenters. The lowest BCUT2D eigenvalue weighted by Crippen LogP contribution is -2.43. The number of hydrogen-bond acceptors (Lipinski definition) is 6. The summed E-state index contributed by atoms with van der Waals surface area (Å²) in [6, 6.07) is 15.7. The number of benzene rings is 2. The molecule has 0 saturated carbocycles. The number of amides is 2. The van der Waals surface area contributed by atoms with Crippen LogP contribution in [0.5, 0.6) is 11.5 Å². The standard InChI is InChI=1S/C25H29N3O4S/c1-4-32-21-11-7-18(8-12-21)23-22(17-5-9-20(31-3)10-6-17)26-24(33-23)19-13-15-28(16-14-19)25(29)27(2)30/h5-12,19,30H,4,13-16H2,1-3H3. The molecule has 2 heterocycles. The molecule has 33 heavy (non-hydrogen) atoms. The fourth-order valence-electron chi connectivity index (χ4n) is 4.04. The van der Waals surface area contributed by atoms with Crippen molar-refractivity contribution in [1.82, 2.24) is 14.9 Å². The van der Waals surface area contributed by atoms with Crippen molar-refractivity contribution in [2.75, 3.05) is 33.9 Å². The molecule has 1 aliphatic rings. The molecule has 1 saturated heterocycles. The summed E-state index contributed by atoms with van der Waals surface area (Å²) in [6.45, 7) is 3.81. The topological polar surface area (TPSA) is 75.1 Å². The highest BCUT2D eigenvalue weighted by Gasteiger charge is 2.28. The second-order valence-corrected chi connectivity index (χ2v) is 9.01. The number of hydroxylamine groups is 2. The van der Waals surface area contributed by atoms with Gasteiger partial charge in [0, 0.05) is 31.6 Å². The zero-order chi connectivity index (χ0) is 23.4. The monoisotopic (exact) mass is 467 g/mol. The Labute approximate surface area is 198 Å². The number of methoxy groups -OCH3 is 1. The number of thiazole rings is 1. The Balaban J connectivity index is 1.64. The van der Waals surface area contributed by atoms with Crippen molar-refractivity contribution in [3.8, 4) is 33.2 Å². The van der Waals surface area contributed by atoms with Crippen LogP contribution in [-0.4, -0.2) is 60.0 Å². The lowest BCUT2D eigenvalue weighted by molar-refractivity contribution is -0.0356. The van der Waals surface area contributed by atoms with Gasteiger partial charge in [-0.05, 0) is 73.9 Å². The van der Waals surface area contributed by atoms with E-state index in [9.17, 15) is 10.0 Å². The fraction of sp³-hybridized carbons (Fsp3) is 0.360. The van der Waals surface area contributed by atoms with Gasteiger partial charge >= 0.3 is 6.03 Å². The van der Waals surface area contributed by atoms with E-state index < -0.39 is 0 Å². The minimum Gasteiger partial charge on any atom is -0.497 e. The third-order valence-electron chi connectivity index (χ3n) is 5.83. The number of ether oxygens (including phenoxy) is 2. The van der Waals surface area contributed by atoms with Crippen LogP contribution < -0.4 is 9.47 Å². The summed E-state index contributed by atoms with van der Waals surface area (Å²) in [5, 5.41) is 11.2. The van der Waals surface area contributed by atoms with Gasteiger partial charge in [0.2, 0.25) is 0 Å². The lowest BCUT2D eigenvalue weighted by Gasteiger charge is -2.32. The number of likely N-dealkylation sites (tertiary alicyclic amines) is 1. The van der Waals surface area contributed by atoms with Crippen molar-refractivity contribution in [2.45, 2.75) is 25.7 Å². The molecule has 174 valence electrons. The van der Waals surface area contributed by atoms with E-state index in [1.54, 1.807) is 23.3 Å². The number of piperidine rings is 1. The first kappa shape index (κ1) is 23.1. The summed E-state index contributed by atoms with van der Waals surface area (Å²) in [4.78, 5) is 19.9. The Morgan fingerprint density at radius 1 is 1.09 bits per heavy atom. The van der Waals surface area contributed by atoms with Crippen LogP contribution in [0.25, 0.3) is 21.7 Å². The number of carbonyl (C=O) groups excluding carboxylic acids is 1. The summed E-state index contributed by atoms with van der Waals surface area (Å²) in [5.41, 5.74) is 3.09. The van der Waals surface area contributed by atoms with Crippen LogP contribution in [-0.2, 0) is 0 Å². The van der Waals surface area contributed by atoms with Crippen molar-refractivity contribution < 1.29 is 19.5 Å². The van der Waals surface area contributed by atoms with Crippen LogP contribution >= 0.6 is 11.3 Å². The quantitative estimate of drug-likeness (QED) is 0.382. The van der Waals surface area contributed by atoms with Crippen LogP contribution in [0.2, 0.25) is 0 Å². The molecule has 1 aliphatic heterocycles. The van der Waals surface area contributed by atoms with Gasteiger partial charge in [0.1, 0.15) is 11.5 Å². The van der Waals surface area contributed by atoms with Crippen molar-refractivity contribution in [3.63, 3.8) is 0 Å². The molecule has 0 unspecified atom stereocenters. The van der Waals surface area contributed by atoms with E-state index >= 15 is 0 Å². The van der Waals surface area contributed by atoms with E-state index in [-0.39, 0.29) is 11.9 Å². The predicted molar refractivity (Wildman–Crippen MR) is 129 cm³/mol. The number of hydrogen-bond donors (Lipinski definition) is 1. The lowest BCUT2D eigenvalue weighted by atomic mass is 9.97. The van der Waals surface area contributed by atoms with Gasteiger partial charge in [0.05, 0.1) is 29.3 Å². The highest BCUT2D eigenvalue weighted by atomic mass is 32.1. The third kappa shape index (κ3) is 5.12. The zero-order valence-corrected chi connectivity index (χ0v) is 20.0. The largest absolute Gasteiger partial charge is 0.497 e. The molecule has 0 aliphatic carbocycles. The summed E-state index contributed by atoms with van der Waals surface area (Å²) in [7, 11) is 3.02. The maximum absolute atomic E-state index is 12.1. The Morgan fingerprint density at radius 3 is 2.27 bits per heavy atom. The molecule has 4 rings (SSSR count). The van der Waals surface area contributed by atoms with Gasteiger partial charge in [0.15, 0.2) is 0 Å². The molecule has 1 N–H and O–H groups in total. The Morgan fingerprint density at radius 2 is 1.70 bits per heavy atom. The first-order valence-electron chi connectivity index (χ1n) is 11.1. The molecule has 8 heteroatoms. The van der Waals surface area contributed by atoms with Crippen molar-refractivity contribution >= 4 is 17.4 Å². The van der Waals surface area contributed by atoms with Crippen LogP contribution in [0.1, 0.15) is 30.7 Å². The maximum atomic E-state index is 12.1. The smallest absolute Gasteiger partial charge is 0.343 e. The predicted octanol–water partition coefficient (Wildman–Crippen LogP) is 5.50. The SMILES string of the molecule is CCOc1ccc(-c2sc(C3CCN(C(=O)N(C)O)CC3)nc2-c2ccc(OC)cc2)cc1. The maximum Gasteiger partial charge on any atom is 0.343 e. The highest BCUT2D eigenvalue weighted by Crippen LogP contribution is 2.42. The molecule has 0 radical (unpaired) electrons. The van der Waals surface area contributed by atoms with Gasteiger partial charge in [-0.2, -0.15) is 0 Å². The molecule has 0 bridgehead atoms. The van der Waals surface area contributed by atoms with Gasteiger partial charge in [-0.15, -0.1) is 11.3 Å². The molecule has 3 aromatic rings. The van der Waals surface area contributed by atoms with E-state index in [0.717, 1.165) is 51.0 Å². The van der Waals surface area contributed by atoms with E-state index in [0.29, 0.717) is 24.8 Å². The summed E-state index contributed by atoms with van der Waals surface area (Å²) in [5.74, 6) is 1.93. The Hall–Kier alpha value is -3.10. The van der Waals surface area contributed by atoms with Gasteiger partial charge in [-0.1, -0.05) is 0 Å². The highest BCUT2D eigenvalue weighted by molar-refractivity contribution is 7.15. The molecule has 2 aromatic carbocycles. The second-order valence-electron chi connectivity index (χ2n) is 7.98. The molecular weight excluding hydrogens is 438 g/mol. The average molecular weight is 468 g/mol. The summed E-state index contributed by atoms with van der Waals surface area (Å²) < 4.78 is 10.9. The zero-order valence-electron chi connectivity index (χ0n) is 19.2. The van der Waals surface area contributed by atoms with Crippen LogP contribution in [0.3, 0.4) is 0 Å². The van der Waals surface area contributed by atoms with E-state index in [2.05, 4.69) is 12.1 Å². The molecular formula is C25H29N3O4S. The van der Waals surface area contributed by atoms with Crippen molar-refractivity contribution in [1.29, 1.82) is 0 Å². The third-order valence-corrected chi connectivity index (χ3v) is 7.09. The minimum absolute atomic E-state index is 0.275. The van der Waals surface area contributed by atoms with Gasteiger partial charge < -0.3 is 14.4 Å². The molecule has 1 aromatic heterocycles. The molecule has 0 spiro atoms. The second kappa shape index (κ2) is 10.2. The first-order valence-corrected chi connectivity index (χ1v) is 11.9. The number of nitrogens with zero attached hydrogens (tertiary/aromatic N) is 3. The van der Waals surface area contributed by atoms with E-state index in [4.69, 9.17) is 14.5 Å². The molecule has 1 fully saturated rings. The van der Waals surface area contributed by atoms with Crippen LogP contribution in [0.15, 0.2) is 48.5 Å². The normalized spacial score (nSPS) is 14.2. The van der Waals surface area contributed by atoms with Crippen molar-refractivity contribution in [2.24, 2.45) is 0 Å². The average Bonchev–Trinajstić information content (AvgIpc) is 3.30.